The molecule has 0 aliphatic heterocycles. The van der Waals surface area contributed by atoms with E-state index in [0.29, 0.717) is 9.79 Å². The van der Waals surface area contributed by atoms with E-state index in [1.807, 2.05) is 28.8 Å². The molecule has 0 unspecified atom stereocenters. The summed E-state index contributed by atoms with van der Waals surface area (Å²) in [5, 5.41) is 0.660. The Hall–Kier alpha value is -1.10. The highest BCUT2D eigenvalue weighted by molar-refractivity contribution is 9.10. The molecule has 0 saturated heterocycles. The minimum Gasteiger partial charge on any atom is -0.330 e. The van der Waals surface area contributed by atoms with Gasteiger partial charge in [0.25, 0.3) is 0 Å². The summed E-state index contributed by atoms with van der Waals surface area (Å²) in [6.07, 6.45) is 0. The Morgan fingerprint density at radius 3 is 2.74 bits per heavy atom. The predicted molar refractivity (Wildman–Crippen MR) is 85.9 cm³/mol. The van der Waals surface area contributed by atoms with E-state index in [1.165, 1.54) is 5.56 Å². The van der Waals surface area contributed by atoms with E-state index in [4.69, 9.17) is 23.8 Å². The van der Waals surface area contributed by atoms with Crippen molar-refractivity contribution < 1.29 is 0 Å². The average molecular weight is 354 g/mol. The maximum absolute atomic E-state index is 6.32. The van der Waals surface area contributed by atoms with Crippen molar-refractivity contribution >= 4 is 50.8 Å². The molecule has 0 atom stereocenters. The lowest BCUT2D eigenvalue weighted by Crippen LogP contribution is -1.95. The maximum Gasteiger partial charge on any atom is 0.182 e. The average Bonchev–Trinajstić information content (AvgIpc) is 2.65. The van der Waals surface area contributed by atoms with Gasteiger partial charge < -0.3 is 4.98 Å². The van der Waals surface area contributed by atoms with Crippen LogP contribution in [0.25, 0.3) is 16.7 Å². The number of nitrogens with zero attached hydrogens (tertiary/aromatic N) is 1. The Morgan fingerprint density at radius 2 is 2.00 bits per heavy atom. The van der Waals surface area contributed by atoms with Crippen LogP contribution >= 0.6 is 39.7 Å². The van der Waals surface area contributed by atoms with Gasteiger partial charge in [0.2, 0.25) is 0 Å². The van der Waals surface area contributed by atoms with Crippen LogP contribution in [0.15, 0.2) is 40.9 Å². The summed E-state index contributed by atoms with van der Waals surface area (Å²) in [5.74, 6) is 0. The van der Waals surface area contributed by atoms with Gasteiger partial charge in [0.05, 0.1) is 21.7 Å². The van der Waals surface area contributed by atoms with Crippen molar-refractivity contribution in [1.29, 1.82) is 0 Å². The number of aromatic amines is 1. The first-order valence-corrected chi connectivity index (χ1v) is 7.31. The third-order valence-electron chi connectivity index (χ3n) is 2.99. The van der Waals surface area contributed by atoms with Crippen molar-refractivity contribution in [3.8, 4) is 5.69 Å². The SMILES string of the molecule is Cc1ccc2[nH]c(=S)n(-c3ccc(Br)cc3Cl)c2c1. The molecule has 2 nitrogen and oxygen atoms in total. The number of imidazole rings is 1. The smallest absolute Gasteiger partial charge is 0.182 e. The molecule has 5 heteroatoms. The molecular formula is C14H10BrClN2S. The van der Waals surface area contributed by atoms with Crippen LogP contribution in [-0.4, -0.2) is 9.55 Å². The fourth-order valence-electron chi connectivity index (χ4n) is 2.11. The van der Waals surface area contributed by atoms with Crippen molar-refractivity contribution in [3.05, 3.63) is 56.2 Å². The summed E-state index contributed by atoms with van der Waals surface area (Å²) in [7, 11) is 0. The van der Waals surface area contributed by atoms with Gasteiger partial charge in [0.15, 0.2) is 4.77 Å². The van der Waals surface area contributed by atoms with Gasteiger partial charge in [-0.2, -0.15) is 0 Å². The molecule has 0 saturated carbocycles. The number of nitrogens with one attached hydrogen (secondary N) is 1. The number of aromatic nitrogens is 2. The Kier molecular flexibility index (Phi) is 3.25. The summed E-state index contributed by atoms with van der Waals surface area (Å²) >= 11 is 15.1. The second kappa shape index (κ2) is 4.78. The molecule has 19 heavy (non-hydrogen) atoms. The molecular weight excluding hydrogens is 344 g/mol. The number of benzene rings is 2. The third kappa shape index (κ3) is 2.24. The van der Waals surface area contributed by atoms with Crippen molar-refractivity contribution in [2.45, 2.75) is 6.92 Å². The molecule has 1 aromatic heterocycles. The van der Waals surface area contributed by atoms with E-state index in [-0.39, 0.29) is 0 Å². The number of halogens is 2. The highest BCUT2D eigenvalue weighted by Gasteiger charge is 2.10. The summed E-state index contributed by atoms with van der Waals surface area (Å²) in [6, 6.07) is 12.0. The van der Waals surface area contributed by atoms with E-state index in [1.54, 1.807) is 0 Å². The van der Waals surface area contributed by atoms with Gasteiger partial charge in [-0.15, -0.1) is 0 Å². The lowest BCUT2D eigenvalue weighted by Gasteiger charge is -2.07. The Bertz CT molecular complexity index is 835. The molecule has 0 bridgehead atoms. The summed E-state index contributed by atoms with van der Waals surface area (Å²) < 4.78 is 3.56. The molecule has 2 aromatic carbocycles. The number of hydrogen-bond acceptors (Lipinski definition) is 1. The highest BCUT2D eigenvalue weighted by Crippen LogP contribution is 2.28. The Labute approximate surface area is 129 Å². The minimum absolute atomic E-state index is 0.643. The number of H-pyrrole nitrogens is 1. The summed E-state index contributed by atoms with van der Waals surface area (Å²) in [5.41, 5.74) is 4.11. The topological polar surface area (TPSA) is 20.7 Å². The second-order valence-electron chi connectivity index (χ2n) is 4.38. The van der Waals surface area contributed by atoms with Gasteiger partial charge in [-0.3, -0.25) is 4.57 Å². The van der Waals surface area contributed by atoms with Gasteiger partial charge in [-0.25, -0.2) is 0 Å². The van der Waals surface area contributed by atoms with Crippen molar-refractivity contribution in [3.63, 3.8) is 0 Å². The van der Waals surface area contributed by atoms with Crippen molar-refractivity contribution in [2.24, 2.45) is 0 Å². The molecule has 0 spiro atoms. The van der Waals surface area contributed by atoms with Crippen LogP contribution in [0.1, 0.15) is 5.56 Å². The lowest BCUT2D eigenvalue weighted by atomic mass is 10.2. The Balaban J connectivity index is 2.38. The second-order valence-corrected chi connectivity index (χ2v) is 6.09. The molecule has 0 aliphatic carbocycles. The molecule has 96 valence electrons. The summed E-state index contributed by atoms with van der Waals surface area (Å²) in [6.45, 7) is 2.06. The first-order chi connectivity index (χ1) is 9.06. The fourth-order valence-corrected chi connectivity index (χ4v) is 3.18. The minimum atomic E-state index is 0.643. The van der Waals surface area contributed by atoms with Crippen LogP contribution in [0.2, 0.25) is 5.02 Å². The van der Waals surface area contributed by atoms with E-state index in [2.05, 4.69) is 40.0 Å². The quantitative estimate of drug-likeness (QED) is 0.580. The van der Waals surface area contributed by atoms with Gasteiger partial charge in [-0.1, -0.05) is 33.6 Å². The standard InChI is InChI=1S/C14H10BrClN2S/c1-8-2-4-11-13(6-8)18(14(19)17-11)12-5-3-9(15)7-10(12)16/h2-7H,1H3,(H,17,19). The van der Waals surface area contributed by atoms with Gasteiger partial charge in [-0.05, 0) is 55.0 Å². The largest absolute Gasteiger partial charge is 0.330 e. The van der Waals surface area contributed by atoms with Gasteiger partial charge >= 0.3 is 0 Å². The van der Waals surface area contributed by atoms with Crippen LogP contribution < -0.4 is 0 Å². The number of fused-ring (bicyclic) bond motifs is 1. The van der Waals surface area contributed by atoms with Gasteiger partial charge in [0, 0.05) is 4.47 Å². The first kappa shape index (κ1) is 12.9. The van der Waals surface area contributed by atoms with Crippen LogP contribution in [-0.2, 0) is 0 Å². The van der Waals surface area contributed by atoms with Crippen LogP contribution in [0.5, 0.6) is 0 Å². The Morgan fingerprint density at radius 1 is 1.21 bits per heavy atom. The number of aryl methyl sites for hydroxylation is 1. The van der Waals surface area contributed by atoms with Crippen LogP contribution in [0, 0.1) is 11.7 Å². The molecule has 0 aliphatic rings. The zero-order valence-electron chi connectivity index (χ0n) is 10.1. The summed E-state index contributed by atoms with van der Waals surface area (Å²) in [4.78, 5) is 3.20. The highest BCUT2D eigenvalue weighted by atomic mass is 79.9. The number of hydrogen-bond donors (Lipinski definition) is 1. The van der Waals surface area contributed by atoms with Crippen molar-refractivity contribution in [1.82, 2.24) is 9.55 Å². The normalized spacial score (nSPS) is 11.1. The fraction of sp³-hybridized carbons (Fsp3) is 0.0714. The van der Waals surface area contributed by atoms with Gasteiger partial charge in [0.1, 0.15) is 0 Å². The monoisotopic (exact) mass is 352 g/mol. The van der Waals surface area contributed by atoms with Crippen LogP contribution in [0.4, 0.5) is 0 Å². The third-order valence-corrected chi connectivity index (χ3v) is 4.07. The molecule has 3 rings (SSSR count). The lowest BCUT2D eigenvalue weighted by molar-refractivity contribution is 1.06. The molecule has 3 aromatic rings. The zero-order valence-corrected chi connectivity index (χ0v) is 13.2. The zero-order chi connectivity index (χ0) is 13.6. The molecule has 1 heterocycles. The molecule has 0 amide bonds. The van der Waals surface area contributed by atoms with Crippen LogP contribution in [0.3, 0.4) is 0 Å². The van der Waals surface area contributed by atoms with E-state index in [0.717, 1.165) is 21.2 Å². The van der Waals surface area contributed by atoms with Crippen molar-refractivity contribution in [2.75, 3.05) is 0 Å². The van der Waals surface area contributed by atoms with E-state index in [9.17, 15) is 0 Å². The molecule has 0 radical (unpaired) electrons. The van der Waals surface area contributed by atoms with E-state index < -0.39 is 0 Å². The van der Waals surface area contributed by atoms with E-state index >= 15 is 0 Å². The number of rotatable bonds is 1. The maximum atomic E-state index is 6.32. The first-order valence-electron chi connectivity index (χ1n) is 5.73. The predicted octanol–water partition coefficient (Wildman–Crippen LogP) is 5.41. The molecule has 0 fully saturated rings. The molecule has 1 N–H and O–H groups in total.